The maximum Gasteiger partial charge on any atom is 0.294 e. The van der Waals surface area contributed by atoms with E-state index in [9.17, 15) is 0 Å². The highest BCUT2D eigenvalue weighted by atomic mass is 16.5. The minimum atomic E-state index is 0.212. The molecule has 0 bridgehead atoms. The van der Waals surface area contributed by atoms with Crippen molar-refractivity contribution in [1.29, 1.82) is 0 Å². The zero-order valence-corrected chi connectivity index (χ0v) is 9.94. The number of rotatable bonds is 2. The molecule has 1 aliphatic heterocycles. The van der Waals surface area contributed by atoms with Crippen molar-refractivity contribution in [3.8, 4) is 6.01 Å². The zero-order valence-electron chi connectivity index (χ0n) is 9.94. The summed E-state index contributed by atoms with van der Waals surface area (Å²) in [5, 5.41) is 3.35. The minimum Gasteiger partial charge on any atom is -0.460 e. The molecule has 0 aliphatic carbocycles. The summed E-state index contributed by atoms with van der Waals surface area (Å²) < 4.78 is 5.92. The lowest BCUT2D eigenvalue weighted by molar-refractivity contribution is 0.105. The second kappa shape index (κ2) is 4.37. The Hall–Kier alpha value is -1.55. The van der Waals surface area contributed by atoms with Crippen molar-refractivity contribution in [1.82, 2.24) is 15.3 Å². The van der Waals surface area contributed by atoms with Crippen LogP contribution in [0.15, 0.2) is 24.3 Å². The number of piperidine rings is 1. The highest BCUT2D eigenvalue weighted by molar-refractivity contribution is 5.75. The summed E-state index contributed by atoms with van der Waals surface area (Å²) in [4.78, 5) is 7.64. The molecule has 0 spiro atoms. The fourth-order valence-electron chi connectivity index (χ4n) is 2.25. The van der Waals surface area contributed by atoms with Gasteiger partial charge in [-0.2, -0.15) is 4.98 Å². The maximum atomic E-state index is 5.92. The topological polar surface area (TPSA) is 49.9 Å². The molecule has 3 rings (SSSR count). The number of H-pyrrole nitrogens is 1. The number of aromatic nitrogens is 2. The Balaban J connectivity index is 1.79. The molecule has 4 nitrogen and oxygen atoms in total. The van der Waals surface area contributed by atoms with Gasteiger partial charge in [0, 0.05) is 6.54 Å². The Labute approximate surface area is 100 Å². The number of nitrogens with zero attached hydrogens (tertiary/aromatic N) is 1. The molecule has 2 unspecified atom stereocenters. The van der Waals surface area contributed by atoms with Crippen LogP contribution in [0.25, 0.3) is 11.0 Å². The number of ether oxygens (including phenoxy) is 1. The van der Waals surface area contributed by atoms with Crippen LogP contribution in [0.1, 0.15) is 13.3 Å². The number of nitrogens with one attached hydrogen (secondary N) is 2. The molecule has 4 heteroatoms. The first kappa shape index (κ1) is 10.6. The number of imidazole rings is 1. The molecular weight excluding hydrogens is 214 g/mol. The summed E-state index contributed by atoms with van der Waals surface area (Å²) >= 11 is 0. The number of fused-ring (bicyclic) bond motifs is 1. The van der Waals surface area contributed by atoms with Crippen LogP contribution in [-0.4, -0.2) is 29.2 Å². The van der Waals surface area contributed by atoms with Crippen molar-refractivity contribution in [3.05, 3.63) is 24.3 Å². The summed E-state index contributed by atoms with van der Waals surface area (Å²) in [6.45, 7) is 4.22. The molecule has 90 valence electrons. The van der Waals surface area contributed by atoms with Gasteiger partial charge in [-0.3, -0.25) is 0 Å². The number of hydrogen-bond acceptors (Lipinski definition) is 3. The van der Waals surface area contributed by atoms with Crippen LogP contribution in [0.4, 0.5) is 0 Å². The van der Waals surface area contributed by atoms with Crippen LogP contribution in [0.5, 0.6) is 6.01 Å². The number of aromatic amines is 1. The lowest BCUT2D eigenvalue weighted by Gasteiger charge is -2.28. The second-order valence-corrected chi connectivity index (χ2v) is 4.69. The van der Waals surface area contributed by atoms with Gasteiger partial charge < -0.3 is 15.0 Å². The normalized spacial score (nSPS) is 25.0. The Morgan fingerprint density at radius 3 is 3.06 bits per heavy atom. The van der Waals surface area contributed by atoms with Crippen molar-refractivity contribution >= 4 is 11.0 Å². The fourth-order valence-corrected chi connectivity index (χ4v) is 2.25. The molecule has 2 aromatic rings. The van der Waals surface area contributed by atoms with Crippen molar-refractivity contribution < 1.29 is 4.74 Å². The van der Waals surface area contributed by atoms with Crippen LogP contribution >= 0.6 is 0 Å². The van der Waals surface area contributed by atoms with E-state index in [0.29, 0.717) is 11.9 Å². The molecule has 1 aromatic heterocycles. The lowest BCUT2D eigenvalue weighted by atomic mass is 9.97. The molecule has 1 fully saturated rings. The number of hydrogen-bond donors (Lipinski definition) is 2. The Morgan fingerprint density at radius 2 is 2.24 bits per heavy atom. The van der Waals surface area contributed by atoms with Crippen LogP contribution < -0.4 is 10.1 Å². The predicted octanol–water partition coefficient (Wildman–Crippen LogP) is 1.94. The third kappa shape index (κ3) is 2.13. The van der Waals surface area contributed by atoms with Crippen LogP contribution in [-0.2, 0) is 0 Å². The van der Waals surface area contributed by atoms with E-state index in [1.807, 2.05) is 24.3 Å². The lowest BCUT2D eigenvalue weighted by Crippen LogP contribution is -2.43. The zero-order chi connectivity index (χ0) is 11.7. The summed E-state index contributed by atoms with van der Waals surface area (Å²) in [5.74, 6) is 0.574. The molecule has 2 heterocycles. The van der Waals surface area contributed by atoms with Gasteiger partial charge in [-0.1, -0.05) is 19.1 Å². The van der Waals surface area contributed by atoms with Crippen molar-refractivity contribution in [3.63, 3.8) is 0 Å². The van der Waals surface area contributed by atoms with E-state index in [0.717, 1.165) is 30.5 Å². The molecule has 2 N–H and O–H groups in total. The third-order valence-electron chi connectivity index (χ3n) is 3.39. The SMILES string of the molecule is CC1CCNCC1Oc1nc2ccccc2[nH]1. The first-order valence-corrected chi connectivity index (χ1v) is 6.15. The fraction of sp³-hybridized carbons (Fsp3) is 0.462. The van der Waals surface area contributed by atoms with E-state index < -0.39 is 0 Å². The molecular formula is C13H17N3O. The van der Waals surface area contributed by atoms with Gasteiger partial charge in [0.05, 0.1) is 11.0 Å². The van der Waals surface area contributed by atoms with Crippen molar-refractivity contribution in [2.45, 2.75) is 19.4 Å². The van der Waals surface area contributed by atoms with Crippen LogP contribution in [0.3, 0.4) is 0 Å². The molecule has 1 aliphatic rings. The molecule has 0 amide bonds. The van der Waals surface area contributed by atoms with Gasteiger partial charge in [-0.25, -0.2) is 0 Å². The van der Waals surface area contributed by atoms with Gasteiger partial charge in [-0.15, -0.1) is 0 Å². The Morgan fingerprint density at radius 1 is 1.35 bits per heavy atom. The van der Waals surface area contributed by atoms with Gasteiger partial charge in [0.1, 0.15) is 6.10 Å². The van der Waals surface area contributed by atoms with Gasteiger partial charge in [-0.05, 0) is 31.0 Å². The van der Waals surface area contributed by atoms with E-state index in [2.05, 4.69) is 22.2 Å². The van der Waals surface area contributed by atoms with Crippen molar-refractivity contribution in [2.24, 2.45) is 5.92 Å². The molecule has 1 saturated heterocycles. The Bertz CT molecular complexity index is 475. The molecule has 17 heavy (non-hydrogen) atoms. The van der Waals surface area contributed by atoms with Gasteiger partial charge >= 0.3 is 0 Å². The average Bonchev–Trinajstić information content (AvgIpc) is 2.74. The van der Waals surface area contributed by atoms with Crippen LogP contribution in [0.2, 0.25) is 0 Å². The standard InChI is InChI=1S/C13H17N3O/c1-9-6-7-14-8-12(9)17-13-15-10-4-2-3-5-11(10)16-13/h2-5,9,12,14H,6-8H2,1H3,(H,15,16). The molecule has 1 aromatic carbocycles. The predicted molar refractivity (Wildman–Crippen MR) is 67.2 cm³/mol. The molecule has 2 atom stereocenters. The summed E-state index contributed by atoms with van der Waals surface area (Å²) in [6, 6.07) is 8.61. The smallest absolute Gasteiger partial charge is 0.294 e. The Kier molecular flexibility index (Phi) is 2.73. The first-order valence-electron chi connectivity index (χ1n) is 6.15. The summed E-state index contributed by atoms with van der Waals surface area (Å²) in [6.07, 6.45) is 1.37. The largest absolute Gasteiger partial charge is 0.460 e. The van der Waals surface area contributed by atoms with Gasteiger partial charge in [0.2, 0.25) is 0 Å². The van der Waals surface area contributed by atoms with Crippen molar-refractivity contribution in [2.75, 3.05) is 13.1 Å². The minimum absolute atomic E-state index is 0.212. The second-order valence-electron chi connectivity index (χ2n) is 4.69. The van der Waals surface area contributed by atoms with E-state index in [4.69, 9.17) is 4.74 Å². The summed E-state index contributed by atoms with van der Waals surface area (Å²) in [7, 11) is 0. The molecule has 0 radical (unpaired) electrons. The van der Waals surface area contributed by atoms with E-state index >= 15 is 0 Å². The number of benzene rings is 1. The molecule has 0 saturated carbocycles. The van der Waals surface area contributed by atoms with Gasteiger partial charge in [0.25, 0.3) is 6.01 Å². The van der Waals surface area contributed by atoms with Gasteiger partial charge in [0.15, 0.2) is 0 Å². The van der Waals surface area contributed by atoms with E-state index in [1.165, 1.54) is 0 Å². The maximum absolute atomic E-state index is 5.92. The summed E-state index contributed by atoms with van der Waals surface area (Å²) in [5.41, 5.74) is 1.98. The van der Waals surface area contributed by atoms with E-state index in [-0.39, 0.29) is 6.10 Å². The average molecular weight is 231 g/mol. The highest BCUT2D eigenvalue weighted by Crippen LogP contribution is 2.20. The first-order chi connectivity index (χ1) is 8.33. The monoisotopic (exact) mass is 231 g/mol. The number of para-hydroxylation sites is 2. The third-order valence-corrected chi connectivity index (χ3v) is 3.39. The van der Waals surface area contributed by atoms with Crippen LogP contribution in [0, 0.1) is 5.92 Å². The highest BCUT2D eigenvalue weighted by Gasteiger charge is 2.23. The quantitative estimate of drug-likeness (QED) is 0.830. The van der Waals surface area contributed by atoms with E-state index in [1.54, 1.807) is 0 Å².